The van der Waals surface area contributed by atoms with Crippen molar-refractivity contribution in [2.24, 2.45) is 5.73 Å². The zero-order valence-electron chi connectivity index (χ0n) is 10.4. The second kappa shape index (κ2) is 5.75. The highest BCUT2D eigenvalue weighted by atomic mass is 35.5. The maximum absolute atomic E-state index is 13.0. The normalized spacial score (nSPS) is 21.5. The van der Waals surface area contributed by atoms with Gasteiger partial charge in [-0.3, -0.25) is 0 Å². The molecule has 106 valence electrons. The van der Waals surface area contributed by atoms with Gasteiger partial charge in [0.25, 0.3) is 0 Å². The van der Waals surface area contributed by atoms with Crippen molar-refractivity contribution in [1.82, 2.24) is 4.31 Å². The van der Waals surface area contributed by atoms with Gasteiger partial charge in [-0.05, 0) is 31.0 Å². The molecule has 4 nitrogen and oxygen atoms in total. The van der Waals surface area contributed by atoms with Crippen LogP contribution in [0.5, 0.6) is 0 Å². The summed E-state index contributed by atoms with van der Waals surface area (Å²) in [6.07, 6.45) is 2.51. The van der Waals surface area contributed by atoms with E-state index in [0.717, 1.165) is 31.4 Å². The van der Waals surface area contributed by atoms with E-state index >= 15 is 0 Å². The number of hydrogen-bond donors (Lipinski definition) is 1. The molecule has 1 aromatic rings. The highest BCUT2D eigenvalue weighted by molar-refractivity contribution is 7.89. The lowest BCUT2D eigenvalue weighted by atomic mass is 10.1. The molecule has 1 heterocycles. The van der Waals surface area contributed by atoms with Crippen molar-refractivity contribution in [3.8, 4) is 0 Å². The number of sulfonamides is 1. The van der Waals surface area contributed by atoms with Crippen LogP contribution >= 0.6 is 11.6 Å². The van der Waals surface area contributed by atoms with E-state index in [0.29, 0.717) is 6.54 Å². The van der Waals surface area contributed by atoms with Gasteiger partial charge in [-0.15, -0.1) is 0 Å². The standard InChI is InChI=1S/C12H16ClFN2O2S/c13-11-7-9(14)4-5-12(11)19(17,18)16-6-2-1-3-10(16)8-15/h4-5,7,10H,1-3,6,8,15H2/t10-/m1/s1. The third-order valence-electron chi connectivity index (χ3n) is 3.33. The maximum Gasteiger partial charge on any atom is 0.244 e. The summed E-state index contributed by atoms with van der Waals surface area (Å²) in [6.45, 7) is 0.704. The summed E-state index contributed by atoms with van der Waals surface area (Å²) < 4.78 is 39.5. The zero-order valence-corrected chi connectivity index (χ0v) is 11.9. The molecule has 1 aromatic carbocycles. The summed E-state index contributed by atoms with van der Waals surface area (Å²) >= 11 is 5.85. The number of hydrogen-bond acceptors (Lipinski definition) is 3. The Labute approximate surface area is 117 Å². The zero-order chi connectivity index (χ0) is 14.0. The predicted octanol–water partition coefficient (Wildman–Crippen LogP) is 1.98. The largest absolute Gasteiger partial charge is 0.329 e. The first kappa shape index (κ1) is 14.7. The fourth-order valence-corrected chi connectivity index (χ4v) is 4.55. The van der Waals surface area contributed by atoms with Crippen LogP contribution in [0.25, 0.3) is 0 Å². The van der Waals surface area contributed by atoms with Crippen molar-refractivity contribution in [2.45, 2.75) is 30.2 Å². The molecule has 0 aliphatic carbocycles. The second-order valence-corrected chi connectivity index (χ2v) is 6.84. The van der Waals surface area contributed by atoms with Crippen LogP contribution in [0.3, 0.4) is 0 Å². The van der Waals surface area contributed by atoms with Gasteiger partial charge in [0.15, 0.2) is 0 Å². The highest BCUT2D eigenvalue weighted by Crippen LogP contribution is 2.29. The van der Waals surface area contributed by atoms with Crippen molar-refractivity contribution >= 4 is 21.6 Å². The Bertz CT molecular complexity index is 565. The molecule has 1 saturated heterocycles. The molecule has 1 aliphatic heterocycles. The molecule has 2 N–H and O–H groups in total. The average molecular weight is 307 g/mol. The van der Waals surface area contributed by atoms with Crippen LogP contribution in [-0.4, -0.2) is 31.9 Å². The molecule has 1 atom stereocenters. The van der Waals surface area contributed by atoms with Crippen LogP contribution in [0.15, 0.2) is 23.1 Å². The molecule has 1 fully saturated rings. The molecule has 0 bridgehead atoms. The topological polar surface area (TPSA) is 63.4 Å². The van der Waals surface area contributed by atoms with E-state index in [4.69, 9.17) is 17.3 Å². The summed E-state index contributed by atoms with van der Waals surface area (Å²) in [5, 5.41) is -0.0960. The first-order valence-corrected chi connectivity index (χ1v) is 7.95. The van der Waals surface area contributed by atoms with Crippen LogP contribution in [0.2, 0.25) is 5.02 Å². The highest BCUT2D eigenvalue weighted by Gasteiger charge is 2.33. The Balaban J connectivity index is 2.40. The van der Waals surface area contributed by atoms with Gasteiger partial charge in [-0.1, -0.05) is 18.0 Å². The van der Waals surface area contributed by atoms with Gasteiger partial charge >= 0.3 is 0 Å². The summed E-state index contributed by atoms with van der Waals surface area (Å²) in [6, 6.07) is 3.10. The molecule has 0 amide bonds. The molecule has 0 aromatic heterocycles. The van der Waals surface area contributed by atoms with Crippen LogP contribution in [-0.2, 0) is 10.0 Å². The Morgan fingerprint density at radius 3 is 2.79 bits per heavy atom. The molecule has 0 unspecified atom stereocenters. The first-order valence-electron chi connectivity index (χ1n) is 6.14. The minimum atomic E-state index is -3.72. The van der Waals surface area contributed by atoms with Crippen LogP contribution in [0.4, 0.5) is 4.39 Å². The van der Waals surface area contributed by atoms with Crippen molar-refractivity contribution < 1.29 is 12.8 Å². The van der Waals surface area contributed by atoms with Crippen molar-refractivity contribution in [3.05, 3.63) is 29.0 Å². The van der Waals surface area contributed by atoms with Gasteiger partial charge < -0.3 is 5.73 Å². The minimum Gasteiger partial charge on any atom is -0.329 e. The van der Waals surface area contributed by atoms with Crippen LogP contribution in [0.1, 0.15) is 19.3 Å². The van der Waals surface area contributed by atoms with E-state index < -0.39 is 15.8 Å². The molecule has 0 radical (unpaired) electrons. The Morgan fingerprint density at radius 2 is 2.16 bits per heavy atom. The second-order valence-electron chi connectivity index (χ2n) is 4.58. The van der Waals surface area contributed by atoms with E-state index in [1.54, 1.807) is 0 Å². The lowest BCUT2D eigenvalue weighted by molar-refractivity contribution is 0.257. The summed E-state index contributed by atoms with van der Waals surface area (Å²) in [5.41, 5.74) is 5.63. The van der Waals surface area contributed by atoms with Gasteiger partial charge in [0.2, 0.25) is 10.0 Å². The van der Waals surface area contributed by atoms with E-state index in [1.165, 1.54) is 10.4 Å². The molecular weight excluding hydrogens is 291 g/mol. The van der Waals surface area contributed by atoms with Crippen molar-refractivity contribution in [3.63, 3.8) is 0 Å². The molecule has 0 saturated carbocycles. The van der Waals surface area contributed by atoms with E-state index in [1.807, 2.05) is 0 Å². The Morgan fingerprint density at radius 1 is 1.42 bits per heavy atom. The maximum atomic E-state index is 13.0. The third kappa shape index (κ3) is 2.91. The summed E-state index contributed by atoms with van der Waals surface area (Å²) in [7, 11) is -3.72. The molecule has 2 rings (SSSR count). The quantitative estimate of drug-likeness (QED) is 0.929. The van der Waals surface area contributed by atoms with Crippen molar-refractivity contribution in [2.75, 3.05) is 13.1 Å². The smallest absolute Gasteiger partial charge is 0.244 e. The lowest BCUT2D eigenvalue weighted by Gasteiger charge is -2.34. The number of nitrogens with zero attached hydrogens (tertiary/aromatic N) is 1. The number of halogens is 2. The number of piperidine rings is 1. The fourth-order valence-electron chi connectivity index (χ4n) is 2.34. The van der Waals surface area contributed by atoms with Gasteiger partial charge in [0, 0.05) is 19.1 Å². The number of rotatable bonds is 3. The van der Waals surface area contributed by atoms with E-state index in [-0.39, 0.29) is 22.5 Å². The molecule has 0 spiro atoms. The van der Waals surface area contributed by atoms with Gasteiger partial charge in [0.05, 0.1) is 5.02 Å². The summed E-state index contributed by atoms with van der Waals surface area (Å²) in [4.78, 5) is -0.0593. The van der Waals surface area contributed by atoms with Crippen LogP contribution < -0.4 is 5.73 Å². The van der Waals surface area contributed by atoms with E-state index in [9.17, 15) is 12.8 Å². The van der Waals surface area contributed by atoms with Gasteiger partial charge in [0.1, 0.15) is 10.7 Å². The fraction of sp³-hybridized carbons (Fsp3) is 0.500. The molecule has 7 heteroatoms. The van der Waals surface area contributed by atoms with E-state index in [2.05, 4.69) is 0 Å². The lowest BCUT2D eigenvalue weighted by Crippen LogP contribution is -2.47. The van der Waals surface area contributed by atoms with Gasteiger partial charge in [-0.25, -0.2) is 12.8 Å². The molecule has 19 heavy (non-hydrogen) atoms. The summed E-state index contributed by atoms with van der Waals surface area (Å²) in [5.74, 6) is -0.557. The first-order chi connectivity index (χ1) is 8.96. The SMILES string of the molecule is NC[C@H]1CCCCN1S(=O)(=O)c1ccc(F)cc1Cl. The van der Waals surface area contributed by atoms with Crippen LogP contribution in [0, 0.1) is 5.82 Å². The molecule has 1 aliphatic rings. The predicted molar refractivity (Wildman–Crippen MR) is 72.0 cm³/mol. The monoisotopic (exact) mass is 306 g/mol. The minimum absolute atomic E-state index is 0.0593. The van der Waals surface area contributed by atoms with Crippen molar-refractivity contribution in [1.29, 1.82) is 0 Å². The Kier molecular flexibility index (Phi) is 4.45. The average Bonchev–Trinajstić information content (AvgIpc) is 2.38. The number of benzene rings is 1. The third-order valence-corrected chi connectivity index (χ3v) is 5.76. The Hall–Kier alpha value is -0.690. The van der Waals surface area contributed by atoms with Gasteiger partial charge in [-0.2, -0.15) is 4.31 Å². The molecular formula is C12H16ClFN2O2S. The number of nitrogens with two attached hydrogens (primary N) is 1.